The fraction of sp³-hybridized carbons (Fsp3) is 0.500. The van der Waals surface area contributed by atoms with Crippen molar-refractivity contribution >= 4 is 59.0 Å². The molecule has 2 unspecified atom stereocenters. The predicted molar refractivity (Wildman–Crippen MR) is 387 cm³/mol. The third-order valence-electron chi connectivity index (χ3n) is 17.6. The van der Waals surface area contributed by atoms with E-state index in [-0.39, 0.29) is 46.7 Å². The number of aliphatic hydroxyl groups is 2. The van der Waals surface area contributed by atoms with Gasteiger partial charge in [0.25, 0.3) is 30.1 Å². The average molecular weight is 1440 g/mol. The van der Waals surface area contributed by atoms with Crippen molar-refractivity contribution in [3.63, 3.8) is 0 Å². The van der Waals surface area contributed by atoms with E-state index in [4.69, 9.17) is 18.9 Å². The maximum absolute atomic E-state index is 13.9. The van der Waals surface area contributed by atoms with E-state index < -0.39 is 65.7 Å². The Morgan fingerprint density at radius 1 is 0.520 bits per heavy atom. The summed E-state index contributed by atoms with van der Waals surface area (Å²) < 4.78 is 108. The normalized spacial score (nSPS) is 16.6. The maximum Gasteiger partial charge on any atom is 0.410 e. The molecule has 0 spiro atoms. The fourth-order valence-electron chi connectivity index (χ4n) is 12.3. The third-order valence-corrected chi connectivity index (χ3v) is 22.6. The van der Waals surface area contributed by atoms with Crippen LogP contribution in [0.2, 0.25) is 0 Å². The van der Waals surface area contributed by atoms with Crippen LogP contribution < -0.4 is 14.8 Å². The molecular formula is C76H102N6O15S3. The van der Waals surface area contributed by atoms with Crippen LogP contribution in [-0.2, 0) is 59.2 Å². The molecule has 0 aliphatic heterocycles. The van der Waals surface area contributed by atoms with Crippen LogP contribution in [0.15, 0.2) is 143 Å². The Morgan fingerprint density at radius 2 is 0.870 bits per heavy atom. The van der Waals surface area contributed by atoms with Crippen LogP contribution in [0.4, 0.5) is 9.59 Å². The molecular weight excluding hydrogens is 1330 g/mol. The molecule has 544 valence electrons. The molecule has 3 aromatic heterocycles. The van der Waals surface area contributed by atoms with E-state index >= 15 is 0 Å². The molecule has 4 N–H and O–H groups in total. The van der Waals surface area contributed by atoms with Gasteiger partial charge in [-0.3, -0.25) is 0 Å². The van der Waals surface area contributed by atoms with Crippen molar-refractivity contribution in [3.05, 3.63) is 162 Å². The number of aromatic nitrogens is 3. The first kappa shape index (κ1) is 76.6. The highest BCUT2D eigenvalue weighted by atomic mass is 32.2. The van der Waals surface area contributed by atoms with Gasteiger partial charge in [0.1, 0.15) is 41.7 Å². The summed E-state index contributed by atoms with van der Waals surface area (Å²) in [6, 6.07) is 24.2. The summed E-state index contributed by atoms with van der Waals surface area (Å²) in [5, 5.41) is 33.2. The van der Waals surface area contributed by atoms with E-state index in [1.807, 2.05) is 25.2 Å². The Morgan fingerprint density at radius 3 is 1.20 bits per heavy atom. The van der Waals surface area contributed by atoms with E-state index in [2.05, 4.69) is 23.5 Å². The maximum atomic E-state index is 13.9. The lowest BCUT2D eigenvalue weighted by Crippen LogP contribution is -2.33. The second-order valence-electron chi connectivity index (χ2n) is 29.0. The van der Waals surface area contributed by atoms with E-state index in [0.717, 1.165) is 124 Å². The number of hydrogen-bond acceptors (Lipinski definition) is 16. The first-order chi connectivity index (χ1) is 47.4. The molecule has 2 saturated carbocycles. The predicted octanol–water partition coefficient (Wildman–Crippen LogP) is 14.3. The van der Waals surface area contributed by atoms with Gasteiger partial charge in [0.2, 0.25) is 0 Å². The molecule has 21 nitrogen and oxygen atoms in total. The zero-order chi connectivity index (χ0) is 72.2. The monoisotopic (exact) mass is 1430 g/mol. The number of ether oxygens (including phenoxy) is 4. The number of hydrogen-bond donors (Lipinski definition) is 4. The summed E-state index contributed by atoms with van der Waals surface area (Å²) in [7, 11) is -6.55. The van der Waals surface area contributed by atoms with Gasteiger partial charge >= 0.3 is 12.2 Å². The number of nitrogens with one attached hydrogen (secondary N) is 1. The number of nitrogens with zero attached hydrogens (tertiary/aromatic N) is 5. The molecule has 3 aromatic carbocycles. The van der Waals surface area contributed by atoms with Crippen molar-refractivity contribution in [1.82, 2.24) is 27.0 Å². The summed E-state index contributed by atoms with van der Waals surface area (Å²) in [4.78, 5) is 28.0. The highest BCUT2D eigenvalue weighted by molar-refractivity contribution is 7.90. The molecule has 0 radical (unpaired) electrons. The van der Waals surface area contributed by atoms with E-state index in [0.29, 0.717) is 58.8 Å². The topological polar surface area (TPSA) is 267 Å². The van der Waals surface area contributed by atoms with Crippen molar-refractivity contribution < 1.29 is 69.1 Å². The molecule has 0 bridgehead atoms. The second kappa shape index (κ2) is 33.5. The molecule has 24 heteroatoms. The lowest BCUT2D eigenvalue weighted by Gasteiger charge is -2.24. The molecule has 2 amide bonds. The minimum atomic E-state index is -3.95. The molecule has 11 rings (SSSR count). The van der Waals surface area contributed by atoms with Gasteiger partial charge in [0.05, 0.1) is 57.1 Å². The molecule has 3 heterocycles. The molecule has 0 saturated heterocycles. The van der Waals surface area contributed by atoms with Gasteiger partial charge in [-0.1, -0.05) is 62.1 Å². The van der Waals surface area contributed by atoms with Gasteiger partial charge in [-0.05, 0) is 238 Å². The largest absolute Gasteiger partial charge is 0.508 e. The molecule has 5 aliphatic rings. The Hall–Kier alpha value is -7.61. The van der Waals surface area contributed by atoms with Crippen molar-refractivity contribution in [2.45, 2.75) is 215 Å². The van der Waals surface area contributed by atoms with Crippen LogP contribution in [0.5, 0.6) is 17.2 Å². The number of carbonyl (C=O) groups excluding carboxylic acids is 2. The lowest BCUT2D eigenvalue weighted by atomic mass is 9.97. The van der Waals surface area contributed by atoms with Gasteiger partial charge in [-0.25, -0.2) is 46.8 Å². The molecule has 5 aliphatic carbocycles. The van der Waals surface area contributed by atoms with Gasteiger partial charge in [-0.15, -0.1) is 0 Å². The zero-order valence-corrected chi connectivity index (χ0v) is 61.8. The summed E-state index contributed by atoms with van der Waals surface area (Å²) in [6.45, 7) is 12.1. The number of allylic oxidation sites excluding steroid dienone is 6. The van der Waals surface area contributed by atoms with Crippen LogP contribution in [-0.4, -0.2) is 132 Å². The highest BCUT2D eigenvalue weighted by Gasteiger charge is 2.31. The Bertz CT molecular complexity index is 4260. The Labute approximate surface area is 591 Å². The van der Waals surface area contributed by atoms with Gasteiger partial charge in [0.15, 0.2) is 0 Å². The number of rotatable bonds is 25. The van der Waals surface area contributed by atoms with Gasteiger partial charge in [0, 0.05) is 57.4 Å². The van der Waals surface area contributed by atoms with Crippen molar-refractivity contribution in [2.75, 3.05) is 34.4 Å². The number of phenolic OH excluding ortho intramolecular Hbond substituents is 1. The SMILES string of the molecule is CN(Cc1cc(C2=CCCCC2)n(S(=O)(=O)c2cccc(O)c2)c1)C(=O)OC(C)(C)C.CN(Cc1cc(C2=CCCCC2)n(S(=O)(=O)c2cccc(OCC(O)CC3CC3)c2)c1)C(=O)OC(C)(C)C.CNCc1cc(C2=CCCCC2)n(S(=O)(=O)c2cccc(OCC(O)CC3CC3)c2)c1. The van der Waals surface area contributed by atoms with Crippen molar-refractivity contribution in [2.24, 2.45) is 11.8 Å². The standard InChI is InChI=1S/C29H40N2O6S.C24H32N2O4S.C23H30N2O5S/c1-29(2,3)37-28(33)30(4)18-22-16-27(23-9-6-5-7-10-23)31(19-22)38(34,35)26-12-8-11-25(17-26)36-20-24(32)15-21-13-14-21;1-25-15-19-13-24(20-6-3-2-4-7-20)26(16-19)31(28,29)23-9-5-8-22(14-23)30-17-21(27)12-18-10-11-18;1-23(2,3)30-22(27)24(4)15-17-13-21(18-9-6-5-7-10-18)25(16-17)31(28,29)20-12-8-11-19(26)14-20/h8-9,11-12,16-17,19,21,24,32H,5-7,10,13-15,18,20H2,1-4H3;5-6,8-9,13-14,16,18,21,25,27H,2-4,7,10-12,15,17H2,1H3;8-9,11-14,16,26H,5-7,10,15H2,1-4H3. The first-order valence-electron chi connectivity index (χ1n) is 35.0. The number of phenols is 1. The summed E-state index contributed by atoms with van der Waals surface area (Å²) in [5.74, 6) is 1.92. The number of benzene rings is 3. The zero-order valence-electron chi connectivity index (χ0n) is 59.4. The minimum absolute atomic E-state index is 0.00723. The second-order valence-corrected chi connectivity index (χ2v) is 34.4. The summed E-state index contributed by atoms with van der Waals surface area (Å²) in [5.41, 5.74) is 6.07. The lowest BCUT2D eigenvalue weighted by molar-refractivity contribution is 0.0275. The fourth-order valence-corrected chi connectivity index (χ4v) is 16.6. The molecule has 2 fully saturated rings. The van der Waals surface area contributed by atoms with Crippen LogP contribution in [0, 0.1) is 11.8 Å². The van der Waals surface area contributed by atoms with E-state index in [1.54, 1.807) is 117 Å². The summed E-state index contributed by atoms with van der Waals surface area (Å²) in [6.07, 6.45) is 26.9. The smallest absolute Gasteiger partial charge is 0.410 e. The van der Waals surface area contributed by atoms with Crippen LogP contribution in [0.25, 0.3) is 16.7 Å². The van der Waals surface area contributed by atoms with E-state index in [9.17, 15) is 50.2 Å². The van der Waals surface area contributed by atoms with Gasteiger partial charge < -0.3 is 49.4 Å². The molecule has 100 heavy (non-hydrogen) atoms. The quantitative estimate of drug-likeness (QED) is 0.0415. The van der Waals surface area contributed by atoms with Crippen LogP contribution in [0.1, 0.15) is 191 Å². The average Bonchev–Trinajstić information content (AvgIpc) is 1.61. The Balaban J connectivity index is 0.000000176. The molecule has 6 aromatic rings. The number of amides is 2. The highest BCUT2D eigenvalue weighted by Crippen LogP contribution is 2.38. The first-order valence-corrected chi connectivity index (χ1v) is 39.3. The van der Waals surface area contributed by atoms with Crippen LogP contribution in [0.3, 0.4) is 0 Å². The number of carbonyl (C=O) groups is 2. The molecule has 2 atom stereocenters. The van der Waals surface area contributed by atoms with Crippen molar-refractivity contribution in [3.8, 4) is 17.2 Å². The minimum Gasteiger partial charge on any atom is -0.508 e. The van der Waals surface area contributed by atoms with Gasteiger partial charge in [-0.2, -0.15) is 0 Å². The number of aromatic hydroxyl groups is 1. The summed E-state index contributed by atoms with van der Waals surface area (Å²) >= 11 is 0. The number of aliphatic hydroxyl groups excluding tert-OH is 2. The van der Waals surface area contributed by atoms with E-state index in [1.165, 1.54) is 64.9 Å². The third kappa shape index (κ3) is 21.5. The Kier molecular flexibility index (Phi) is 25.6. The van der Waals surface area contributed by atoms with Crippen molar-refractivity contribution in [1.29, 1.82) is 0 Å². The van der Waals surface area contributed by atoms with Crippen LogP contribution >= 0.6 is 0 Å².